The van der Waals surface area contributed by atoms with E-state index >= 15 is 0 Å². The highest BCUT2D eigenvalue weighted by atomic mass is 32.1. The van der Waals surface area contributed by atoms with Gasteiger partial charge in [0.15, 0.2) is 0 Å². The summed E-state index contributed by atoms with van der Waals surface area (Å²) in [5, 5.41) is 8.60. The van der Waals surface area contributed by atoms with Gasteiger partial charge in [0.1, 0.15) is 15.5 Å². The number of rotatable bonds is 5. The maximum Gasteiger partial charge on any atom is 0.226 e. The van der Waals surface area contributed by atoms with E-state index in [0.717, 1.165) is 78.1 Å². The van der Waals surface area contributed by atoms with Crippen molar-refractivity contribution in [2.24, 2.45) is 11.8 Å². The van der Waals surface area contributed by atoms with Crippen molar-refractivity contribution in [2.45, 2.75) is 19.4 Å². The molecule has 3 aliphatic heterocycles. The van der Waals surface area contributed by atoms with Crippen molar-refractivity contribution in [3.63, 3.8) is 0 Å². The van der Waals surface area contributed by atoms with Crippen LogP contribution in [0.1, 0.15) is 19.7 Å². The Morgan fingerprint density at radius 3 is 3.03 bits per heavy atom. The second-order valence-corrected chi connectivity index (χ2v) is 10.7. The SMILES string of the molecule is O=C(CCN1CC2COCC2C1)Nc1sc2c(c1-c1nc3cnccc3s1)CCNC2.[HH].[HH]. The molecule has 6 rings (SSSR count). The summed E-state index contributed by atoms with van der Waals surface area (Å²) in [6.45, 7) is 6.50. The highest BCUT2D eigenvalue weighted by Gasteiger charge is 2.37. The zero-order valence-corrected chi connectivity index (χ0v) is 18.9. The van der Waals surface area contributed by atoms with E-state index in [1.54, 1.807) is 28.9 Å². The van der Waals surface area contributed by atoms with Crippen molar-refractivity contribution in [1.82, 2.24) is 20.2 Å². The van der Waals surface area contributed by atoms with Gasteiger partial charge in [-0.05, 0) is 24.6 Å². The van der Waals surface area contributed by atoms with Gasteiger partial charge in [-0.15, -0.1) is 22.7 Å². The number of hydrogen-bond acceptors (Lipinski definition) is 8. The predicted molar refractivity (Wildman–Crippen MR) is 128 cm³/mol. The van der Waals surface area contributed by atoms with Crippen LogP contribution >= 0.6 is 22.7 Å². The standard InChI is InChI=1S/C22H25N5O2S2.2H2/c28-19(3-6-27-9-13-11-29-12-14(13)10-27)26-22-20(15-1-4-24-8-18(15)31-22)21-25-16-7-23-5-2-17(16)30-21;;/h2,5,7,13-14,24H,1,3-4,6,8-12H2,(H,26,28);2*1H. The van der Waals surface area contributed by atoms with Crippen LogP contribution < -0.4 is 10.6 Å². The normalized spacial score (nSPS) is 23.2. The topological polar surface area (TPSA) is 79.4 Å². The number of fused-ring (bicyclic) bond motifs is 3. The molecule has 3 aromatic rings. The van der Waals surface area contributed by atoms with Crippen molar-refractivity contribution in [2.75, 3.05) is 44.7 Å². The smallest absolute Gasteiger partial charge is 0.226 e. The number of pyridine rings is 1. The quantitative estimate of drug-likeness (QED) is 0.608. The number of carbonyl (C=O) groups is 1. The van der Waals surface area contributed by atoms with E-state index in [1.165, 1.54) is 10.4 Å². The summed E-state index contributed by atoms with van der Waals surface area (Å²) in [5.41, 5.74) is 3.36. The lowest BCUT2D eigenvalue weighted by Crippen LogP contribution is -2.27. The number of likely N-dealkylation sites (tertiary alicyclic amines) is 1. The molecule has 0 bridgehead atoms. The summed E-state index contributed by atoms with van der Waals surface area (Å²) in [7, 11) is 0. The van der Waals surface area contributed by atoms with Gasteiger partial charge in [0.25, 0.3) is 0 Å². The van der Waals surface area contributed by atoms with Crippen LogP contribution in [0.2, 0.25) is 0 Å². The zero-order valence-electron chi connectivity index (χ0n) is 17.2. The number of nitrogens with one attached hydrogen (secondary N) is 2. The number of carbonyl (C=O) groups excluding carboxylic acids is 1. The van der Waals surface area contributed by atoms with Crippen LogP contribution in [0.25, 0.3) is 20.8 Å². The van der Waals surface area contributed by atoms with Gasteiger partial charge in [0.05, 0.1) is 24.1 Å². The second kappa shape index (κ2) is 8.22. The molecule has 166 valence electrons. The summed E-state index contributed by atoms with van der Waals surface area (Å²) in [6, 6.07) is 2.01. The molecule has 0 spiro atoms. The minimum Gasteiger partial charge on any atom is -0.381 e. The number of amides is 1. The highest BCUT2D eigenvalue weighted by Crippen LogP contribution is 2.44. The number of nitrogens with zero attached hydrogens (tertiary/aromatic N) is 3. The molecule has 2 unspecified atom stereocenters. The monoisotopic (exact) mass is 459 g/mol. The Bertz CT molecular complexity index is 1090. The van der Waals surface area contributed by atoms with Gasteiger partial charge < -0.3 is 20.3 Å². The molecule has 1 amide bonds. The first kappa shape index (κ1) is 19.8. The molecule has 3 aromatic heterocycles. The third-order valence-corrected chi connectivity index (χ3v) is 8.76. The van der Waals surface area contributed by atoms with Gasteiger partial charge in [-0.2, -0.15) is 0 Å². The third kappa shape index (κ3) is 3.78. The average Bonchev–Trinajstić information content (AvgIpc) is 3.52. The molecule has 3 aliphatic rings. The molecule has 0 aliphatic carbocycles. The average molecular weight is 460 g/mol. The van der Waals surface area contributed by atoms with Crippen LogP contribution in [-0.4, -0.2) is 60.2 Å². The van der Waals surface area contributed by atoms with Crippen molar-refractivity contribution < 1.29 is 12.4 Å². The predicted octanol–water partition coefficient (Wildman–Crippen LogP) is 3.46. The van der Waals surface area contributed by atoms with Crippen molar-refractivity contribution >= 4 is 43.8 Å². The summed E-state index contributed by atoms with van der Waals surface area (Å²) < 4.78 is 6.69. The van der Waals surface area contributed by atoms with E-state index in [2.05, 4.69) is 20.5 Å². The van der Waals surface area contributed by atoms with E-state index in [9.17, 15) is 4.79 Å². The van der Waals surface area contributed by atoms with E-state index in [0.29, 0.717) is 18.3 Å². The molecule has 2 fully saturated rings. The first-order valence-corrected chi connectivity index (χ1v) is 12.5. The molecule has 6 heterocycles. The highest BCUT2D eigenvalue weighted by molar-refractivity contribution is 7.22. The third-order valence-electron chi connectivity index (χ3n) is 6.56. The van der Waals surface area contributed by atoms with Crippen LogP contribution in [0, 0.1) is 11.8 Å². The molecule has 9 heteroatoms. The second-order valence-electron chi connectivity index (χ2n) is 8.61. The van der Waals surface area contributed by atoms with E-state index in [-0.39, 0.29) is 8.76 Å². The van der Waals surface area contributed by atoms with Crippen molar-refractivity contribution in [3.05, 3.63) is 28.9 Å². The van der Waals surface area contributed by atoms with Crippen LogP contribution in [0.15, 0.2) is 18.5 Å². The van der Waals surface area contributed by atoms with Gasteiger partial charge in [-0.25, -0.2) is 4.98 Å². The Morgan fingerprint density at radius 1 is 1.32 bits per heavy atom. The summed E-state index contributed by atoms with van der Waals surface area (Å²) >= 11 is 3.37. The Morgan fingerprint density at radius 2 is 2.19 bits per heavy atom. The number of hydrogen-bond donors (Lipinski definition) is 2. The van der Waals surface area contributed by atoms with Gasteiger partial charge in [-0.3, -0.25) is 9.78 Å². The number of thiazole rings is 1. The van der Waals surface area contributed by atoms with Gasteiger partial charge >= 0.3 is 0 Å². The van der Waals surface area contributed by atoms with Gasteiger partial charge in [0, 0.05) is 63.9 Å². The molecular weight excluding hydrogens is 430 g/mol. The fourth-order valence-electron chi connectivity index (χ4n) is 4.95. The number of anilines is 1. The minimum atomic E-state index is 0. The molecule has 0 saturated carbocycles. The Balaban J connectivity index is 0.00000130. The molecular formula is C22H29N5O2S2. The summed E-state index contributed by atoms with van der Waals surface area (Å²) in [4.78, 5) is 25.7. The van der Waals surface area contributed by atoms with E-state index in [4.69, 9.17) is 9.72 Å². The lowest BCUT2D eigenvalue weighted by atomic mass is 10.0. The molecule has 2 saturated heterocycles. The Hall–Kier alpha value is -1.91. The molecule has 2 atom stereocenters. The first-order chi connectivity index (χ1) is 15.2. The fraction of sp³-hybridized carbons (Fsp3) is 0.500. The molecule has 0 radical (unpaired) electrons. The number of thiophene rings is 1. The van der Waals surface area contributed by atoms with E-state index in [1.807, 2.05) is 12.3 Å². The molecule has 2 N–H and O–H groups in total. The molecule has 0 aromatic carbocycles. The lowest BCUT2D eigenvalue weighted by Gasteiger charge is -2.16. The molecule has 31 heavy (non-hydrogen) atoms. The number of aromatic nitrogens is 2. The lowest BCUT2D eigenvalue weighted by molar-refractivity contribution is -0.116. The van der Waals surface area contributed by atoms with Crippen molar-refractivity contribution in [3.8, 4) is 10.6 Å². The van der Waals surface area contributed by atoms with Crippen LogP contribution in [0.3, 0.4) is 0 Å². The van der Waals surface area contributed by atoms with E-state index < -0.39 is 0 Å². The van der Waals surface area contributed by atoms with Crippen LogP contribution in [-0.2, 0) is 22.5 Å². The number of ether oxygens (including phenoxy) is 1. The van der Waals surface area contributed by atoms with Gasteiger partial charge in [-0.1, -0.05) is 0 Å². The maximum absolute atomic E-state index is 12.9. The Labute approximate surface area is 191 Å². The summed E-state index contributed by atoms with van der Waals surface area (Å²) in [5.74, 6) is 1.39. The Kier molecular flexibility index (Phi) is 5.23. The van der Waals surface area contributed by atoms with Crippen LogP contribution in [0.5, 0.6) is 0 Å². The first-order valence-electron chi connectivity index (χ1n) is 10.9. The summed E-state index contributed by atoms with van der Waals surface area (Å²) in [6.07, 6.45) is 5.09. The zero-order chi connectivity index (χ0) is 20.8. The minimum absolute atomic E-state index is 0. The molecule has 7 nitrogen and oxygen atoms in total. The van der Waals surface area contributed by atoms with Crippen molar-refractivity contribution in [1.29, 1.82) is 0 Å². The largest absolute Gasteiger partial charge is 0.381 e. The maximum atomic E-state index is 12.9. The van der Waals surface area contributed by atoms with Crippen LogP contribution in [0.4, 0.5) is 5.00 Å². The fourth-order valence-corrected chi connectivity index (χ4v) is 7.26. The van der Waals surface area contributed by atoms with Gasteiger partial charge in [0.2, 0.25) is 5.91 Å².